The van der Waals surface area contributed by atoms with Gasteiger partial charge in [0.05, 0.1) is 12.1 Å². The standard InChI is InChI=1S/C12H11N3O3/c1-12(5-15-7-13-6-14-15)10-3-2-8(16)4-9(10)11(17)18-12/h2-4,6-7,16H,5H2,1H3. The van der Waals surface area contributed by atoms with Crippen LogP contribution < -0.4 is 0 Å². The molecule has 0 saturated heterocycles. The van der Waals surface area contributed by atoms with E-state index < -0.39 is 11.6 Å². The van der Waals surface area contributed by atoms with E-state index in [2.05, 4.69) is 10.1 Å². The zero-order valence-corrected chi connectivity index (χ0v) is 9.70. The lowest BCUT2D eigenvalue weighted by Crippen LogP contribution is -2.28. The van der Waals surface area contributed by atoms with Crippen LogP contribution in [0.2, 0.25) is 0 Å². The van der Waals surface area contributed by atoms with E-state index >= 15 is 0 Å². The number of rotatable bonds is 2. The van der Waals surface area contributed by atoms with Crippen LogP contribution in [0.4, 0.5) is 0 Å². The highest BCUT2D eigenvalue weighted by Gasteiger charge is 2.42. The second-order valence-electron chi connectivity index (χ2n) is 4.44. The Hall–Kier alpha value is -2.37. The molecule has 1 unspecified atom stereocenters. The normalized spacial score (nSPS) is 21.7. The number of phenolic OH excluding ortho intramolecular Hbond substituents is 1. The third-order valence-corrected chi connectivity index (χ3v) is 3.04. The monoisotopic (exact) mass is 245 g/mol. The molecule has 6 nitrogen and oxygen atoms in total. The van der Waals surface area contributed by atoms with Crippen molar-refractivity contribution in [3.05, 3.63) is 42.0 Å². The van der Waals surface area contributed by atoms with Gasteiger partial charge in [-0.1, -0.05) is 6.07 Å². The van der Waals surface area contributed by atoms with E-state index in [4.69, 9.17) is 4.74 Å². The van der Waals surface area contributed by atoms with Crippen LogP contribution in [0.15, 0.2) is 30.9 Å². The molecule has 0 fully saturated rings. The molecule has 6 heteroatoms. The van der Waals surface area contributed by atoms with Gasteiger partial charge in [-0.15, -0.1) is 0 Å². The number of ether oxygens (including phenoxy) is 1. The summed E-state index contributed by atoms with van der Waals surface area (Å²) in [6.45, 7) is 2.20. The van der Waals surface area contributed by atoms with Crippen molar-refractivity contribution in [1.29, 1.82) is 0 Å². The van der Waals surface area contributed by atoms with Gasteiger partial charge in [0.15, 0.2) is 5.60 Å². The summed E-state index contributed by atoms with van der Waals surface area (Å²) in [5, 5.41) is 13.4. The van der Waals surface area contributed by atoms with Crippen LogP contribution in [-0.2, 0) is 16.9 Å². The van der Waals surface area contributed by atoms with E-state index in [0.717, 1.165) is 5.56 Å². The lowest BCUT2D eigenvalue weighted by Gasteiger charge is -2.23. The van der Waals surface area contributed by atoms with Crippen LogP contribution in [0.3, 0.4) is 0 Å². The molecule has 2 heterocycles. The quantitative estimate of drug-likeness (QED) is 0.801. The van der Waals surface area contributed by atoms with Gasteiger partial charge in [-0.25, -0.2) is 14.5 Å². The molecule has 18 heavy (non-hydrogen) atoms. The maximum atomic E-state index is 11.8. The number of phenols is 1. The fourth-order valence-electron chi connectivity index (χ4n) is 2.22. The number of aromatic hydroxyl groups is 1. The molecular weight excluding hydrogens is 234 g/mol. The Kier molecular flexibility index (Phi) is 2.13. The van der Waals surface area contributed by atoms with E-state index in [1.807, 2.05) is 6.92 Å². The van der Waals surface area contributed by atoms with Crippen LogP contribution in [0, 0.1) is 0 Å². The fraction of sp³-hybridized carbons (Fsp3) is 0.250. The fourth-order valence-corrected chi connectivity index (χ4v) is 2.22. The third-order valence-electron chi connectivity index (χ3n) is 3.04. The molecule has 0 bridgehead atoms. The Morgan fingerprint density at radius 3 is 3.06 bits per heavy atom. The first-order valence-electron chi connectivity index (χ1n) is 5.48. The smallest absolute Gasteiger partial charge is 0.339 e. The van der Waals surface area contributed by atoms with Gasteiger partial charge < -0.3 is 9.84 Å². The highest BCUT2D eigenvalue weighted by atomic mass is 16.6. The summed E-state index contributed by atoms with van der Waals surface area (Å²) in [6, 6.07) is 4.66. The van der Waals surface area contributed by atoms with Gasteiger partial charge >= 0.3 is 5.97 Å². The summed E-state index contributed by atoms with van der Waals surface area (Å²) in [5.41, 5.74) is 0.367. The van der Waals surface area contributed by atoms with Crippen molar-refractivity contribution in [2.24, 2.45) is 0 Å². The Labute approximate surface area is 103 Å². The molecule has 92 valence electrons. The lowest BCUT2D eigenvalue weighted by atomic mass is 9.94. The van der Waals surface area contributed by atoms with Crippen LogP contribution in [-0.4, -0.2) is 25.8 Å². The largest absolute Gasteiger partial charge is 0.508 e. The second-order valence-corrected chi connectivity index (χ2v) is 4.44. The van der Waals surface area contributed by atoms with Crippen molar-refractivity contribution in [3.8, 4) is 5.75 Å². The molecule has 3 rings (SSSR count). The molecular formula is C12H11N3O3. The number of cyclic esters (lactones) is 1. The summed E-state index contributed by atoms with van der Waals surface area (Å²) in [4.78, 5) is 15.6. The Balaban J connectivity index is 2.03. The first-order valence-corrected chi connectivity index (χ1v) is 5.48. The van der Waals surface area contributed by atoms with Crippen LogP contribution in [0.1, 0.15) is 22.8 Å². The van der Waals surface area contributed by atoms with E-state index in [9.17, 15) is 9.90 Å². The van der Waals surface area contributed by atoms with Crippen molar-refractivity contribution in [2.75, 3.05) is 0 Å². The van der Waals surface area contributed by atoms with Gasteiger partial charge in [0.1, 0.15) is 18.4 Å². The van der Waals surface area contributed by atoms with Gasteiger partial charge in [0, 0.05) is 5.56 Å². The zero-order chi connectivity index (χ0) is 12.8. The van der Waals surface area contributed by atoms with Gasteiger partial charge in [-0.2, -0.15) is 5.10 Å². The molecule has 0 saturated carbocycles. The summed E-state index contributed by atoms with van der Waals surface area (Å²) >= 11 is 0. The van der Waals surface area contributed by atoms with Crippen LogP contribution in [0.25, 0.3) is 0 Å². The van der Waals surface area contributed by atoms with E-state index in [1.165, 1.54) is 12.4 Å². The second kappa shape index (κ2) is 3.56. The number of esters is 1. The van der Waals surface area contributed by atoms with Gasteiger partial charge in [-0.05, 0) is 19.1 Å². The first kappa shape index (κ1) is 10.8. The molecule has 1 aliphatic rings. The number of nitrogens with zero attached hydrogens (tertiary/aromatic N) is 3. The van der Waals surface area contributed by atoms with Crippen molar-refractivity contribution in [2.45, 2.75) is 19.1 Å². The van der Waals surface area contributed by atoms with E-state index in [0.29, 0.717) is 12.1 Å². The summed E-state index contributed by atoms with van der Waals surface area (Å²) < 4.78 is 7.02. The molecule has 0 spiro atoms. The summed E-state index contributed by atoms with van der Waals surface area (Å²) in [7, 11) is 0. The minimum Gasteiger partial charge on any atom is -0.508 e. The van der Waals surface area contributed by atoms with Crippen molar-refractivity contribution in [3.63, 3.8) is 0 Å². The zero-order valence-electron chi connectivity index (χ0n) is 9.70. The molecule has 0 radical (unpaired) electrons. The average molecular weight is 245 g/mol. The number of carbonyl (C=O) groups is 1. The van der Waals surface area contributed by atoms with Gasteiger partial charge in [-0.3, -0.25) is 0 Å². The molecule has 1 atom stereocenters. The topological polar surface area (TPSA) is 77.2 Å². The lowest BCUT2D eigenvalue weighted by molar-refractivity contribution is -0.00888. The Bertz CT molecular complexity index is 609. The highest BCUT2D eigenvalue weighted by Crippen LogP contribution is 2.38. The maximum Gasteiger partial charge on any atom is 0.339 e. The van der Waals surface area contributed by atoms with E-state index in [1.54, 1.807) is 23.1 Å². The molecule has 1 aromatic heterocycles. The molecule has 0 amide bonds. The Morgan fingerprint density at radius 2 is 2.33 bits per heavy atom. The minimum atomic E-state index is -0.784. The number of hydrogen-bond donors (Lipinski definition) is 1. The van der Waals surface area contributed by atoms with Crippen molar-refractivity contribution in [1.82, 2.24) is 14.8 Å². The molecule has 1 aliphatic heterocycles. The minimum absolute atomic E-state index is 0.0516. The molecule has 1 N–H and O–H groups in total. The number of carbonyl (C=O) groups excluding carboxylic acids is 1. The average Bonchev–Trinajstić information content (AvgIpc) is 2.88. The number of aromatic nitrogens is 3. The summed E-state index contributed by atoms with van der Waals surface area (Å²) in [5.74, 6) is -0.376. The van der Waals surface area contributed by atoms with E-state index in [-0.39, 0.29) is 5.75 Å². The molecule has 0 aliphatic carbocycles. The summed E-state index contributed by atoms with van der Waals surface area (Å²) in [6.07, 6.45) is 3.00. The molecule has 1 aromatic carbocycles. The SMILES string of the molecule is CC1(Cn2cncn2)OC(=O)c2cc(O)ccc21. The predicted molar refractivity (Wildman–Crippen MR) is 60.9 cm³/mol. The molecule has 2 aromatic rings. The third kappa shape index (κ3) is 1.54. The van der Waals surface area contributed by atoms with Crippen molar-refractivity contribution < 1.29 is 14.6 Å². The number of fused-ring (bicyclic) bond motifs is 1. The van der Waals surface area contributed by atoms with Crippen LogP contribution >= 0.6 is 0 Å². The highest BCUT2D eigenvalue weighted by molar-refractivity contribution is 5.95. The predicted octanol–water partition coefficient (Wildman–Crippen LogP) is 1.07. The van der Waals surface area contributed by atoms with Gasteiger partial charge in [0.25, 0.3) is 0 Å². The number of benzene rings is 1. The number of hydrogen-bond acceptors (Lipinski definition) is 5. The van der Waals surface area contributed by atoms with Gasteiger partial charge in [0.2, 0.25) is 0 Å². The first-order chi connectivity index (χ1) is 8.58. The maximum absolute atomic E-state index is 11.8. The Morgan fingerprint density at radius 1 is 1.50 bits per heavy atom. The van der Waals surface area contributed by atoms with Crippen LogP contribution in [0.5, 0.6) is 5.75 Å². The van der Waals surface area contributed by atoms with Crippen molar-refractivity contribution >= 4 is 5.97 Å².